The number of amides is 1. The Labute approximate surface area is 213 Å². The van der Waals surface area contributed by atoms with Crippen LogP contribution in [0, 0.1) is 0 Å². The van der Waals surface area contributed by atoms with E-state index in [1.165, 1.54) is 0 Å². The Morgan fingerprint density at radius 3 is 2.25 bits per heavy atom. The Balaban J connectivity index is 1.13. The molecule has 3 aromatic carbocycles. The van der Waals surface area contributed by atoms with E-state index in [9.17, 15) is 9.59 Å². The number of piperazine rings is 1. The number of anilines is 1. The van der Waals surface area contributed by atoms with Crippen molar-refractivity contribution in [2.75, 3.05) is 50.8 Å². The molecule has 186 valence electrons. The number of carbonyl (C=O) groups excluding carboxylic acids is 2. The van der Waals surface area contributed by atoms with Crippen LogP contribution in [0.1, 0.15) is 27.9 Å². The Morgan fingerprint density at radius 2 is 1.50 bits per heavy atom. The van der Waals surface area contributed by atoms with Crippen molar-refractivity contribution in [3.8, 4) is 5.75 Å². The minimum atomic E-state index is 0.137. The summed E-state index contributed by atoms with van der Waals surface area (Å²) in [7, 11) is 0. The summed E-state index contributed by atoms with van der Waals surface area (Å²) in [5, 5.41) is 0. The van der Waals surface area contributed by atoms with Crippen molar-refractivity contribution in [3.63, 3.8) is 0 Å². The van der Waals surface area contributed by atoms with Gasteiger partial charge in [-0.2, -0.15) is 0 Å². The van der Waals surface area contributed by atoms with Crippen molar-refractivity contribution >= 4 is 17.4 Å². The smallest absolute Gasteiger partial charge is 0.227 e. The summed E-state index contributed by atoms with van der Waals surface area (Å²) < 4.78 is 5.82. The number of hydrogen-bond acceptors (Lipinski definition) is 5. The van der Waals surface area contributed by atoms with Gasteiger partial charge in [0.1, 0.15) is 12.4 Å². The van der Waals surface area contributed by atoms with E-state index in [-0.39, 0.29) is 11.7 Å². The van der Waals surface area contributed by atoms with Gasteiger partial charge in [0.05, 0.1) is 13.1 Å². The van der Waals surface area contributed by atoms with Gasteiger partial charge in [-0.3, -0.25) is 19.4 Å². The molecule has 1 fully saturated rings. The maximum absolute atomic E-state index is 13.1. The molecule has 0 spiro atoms. The summed E-state index contributed by atoms with van der Waals surface area (Å²) in [6, 6.07) is 25.8. The second-order valence-corrected chi connectivity index (χ2v) is 9.51. The fourth-order valence-electron chi connectivity index (χ4n) is 4.95. The van der Waals surface area contributed by atoms with Crippen LogP contribution >= 0.6 is 0 Å². The second kappa shape index (κ2) is 11.5. The minimum Gasteiger partial charge on any atom is -0.492 e. The van der Waals surface area contributed by atoms with Crippen molar-refractivity contribution < 1.29 is 14.3 Å². The van der Waals surface area contributed by atoms with E-state index in [2.05, 4.69) is 9.80 Å². The zero-order valence-electron chi connectivity index (χ0n) is 20.6. The monoisotopic (exact) mass is 483 g/mol. The number of benzene rings is 3. The molecular weight excluding hydrogens is 450 g/mol. The second-order valence-electron chi connectivity index (χ2n) is 9.51. The van der Waals surface area contributed by atoms with Crippen molar-refractivity contribution in [1.29, 1.82) is 0 Å². The number of nitrogens with zero attached hydrogens (tertiary/aromatic N) is 3. The number of carbonyl (C=O) groups is 2. The third-order valence-corrected chi connectivity index (χ3v) is 7.04. The highest BCUT2D eigenvalue weighted by atomic mass is 16.5. The highest BCUT2D eigenvalue weighted by molar-refractivity contribution is 6.00. The Morgan fingerprint density at radius 1 is 0.806 bits per heavy atom. The summed E-state index contributed by atoms with van der Waals surface area (Å²) in [6.07, 6.45) is 1.16. The van der Waals surface area contributed by atoms with Gasteiger partial charge in [0.25, 0.3) is 0 Å². The molecule has 0 aromatic heterocycles. The first-order valence-corrected chi connectivity index (χ1v) is 12.8. The predicted octanol–water partition coefficient (Wildman–Crippen LogP) is 4.05. The maximum Gasteiger partial charge on any atom is 0.227 e. The molecule has 0 N–H and O–H groups in total. The normalized spacial score (nSPS) is 16.6. The molecular formula is C30H33N3O3. The molecule has 36 heavy (non-hydrogen) atoms. The Bertz CT molecular complexity index is 1170. The number of hydrogen-bond donors (Lipinski definition) is 0. The van der Waals surface area contributed by atoms with Crippen LogP contribution in [-0.4, -0.2) is 67.4 Å². The van der Waals surface area contributed by atoms with Gasteiger partial charge in [-0.05, 0) is 47.9 Å². The van der Waals surface area contributed by atoms with E-state index in [4.69, 9.17) is 4.74 Å². The fourth-order valence-corrected chi connectivity index (χ4v) is 4.95. The first-order chi connectivity index (χ1) is 17.7. The molecule has 0 atom stereocenters. The molecule has 3 aromatic rings. The topological polar surface area (TPSA) is 53.1 Å². The third-order valence-electron chi connectivity index (χ3n) is 7.04. The van der Waals surface area contributed by atoms with Gasteiger partial charge in [-0.25, -0.2) is 0 Å². The zero-order chi connectivity index (χ0) is 24.7. The molecule has 6 nitrogen and oxygen atoms in total. The predicted molar refractivity (Wildman–Crippen MR) is 142 cm³/mol. The van der Waals surface area contributed by atoms with E-state index < -0.39 is 0 Å². The lowest BCUT2D eigenvalue weighted by Crippen LogP contribution is -2.48. The van der Waals surface area contributed by atoms with Crippen LogP contribution in [0.25, 0.3) is 0 Å². The highest BCUT2D eigenvalue weighted by Crippen LogP contribution is 2.30. The molecule has 5 rings (SSSR count). The van der Waals surface area contributed by atoms with Gasteiger partial charge in [0.2, 0.25) is 5.91 Å². The minimum absolute atomic E-state index is 0.137. The molecule has 6 heteroatoms. The van der Waals surface area contributed by atoms with Crippen LogP contribution in [-0.2, 0) is 17.8 Å². The van der Waals surface area contributed by atoms with E-state index in [1.807, 2.05) is 83.8 Å². The SMILES string of the molecule is O=C(CN1CCN(CCOc2ccccc2)CC1)c1ccc2c(c1)CCC(=O)N2Cc1ccccc1. The molecule has 0 bridgehead atoms. The highest BCUT2D eigenvalue weighted by Gasteiger charge is 2.26. The van der Waals surface area contributed by atoms with Crippen LogP contribution < -0.4 is 9.64 Å². The van der Waals surface area contributed by atoms with Crippen molar-refractivity contribution in [2.45, 2.75) is 19.4 Å². The van der Waals surface area contributed by atoms with E-state index in [1.54, 1.807) is 0 Å². The van der Waals surface area contributed by atoms with Gasteiger partial charge < -0.3 is 9.64 Å². The first kappa shape index (κ1) is 24.2. The Kier molecular flexibility index (Phi) is 7.74. The number of ether oxygens (including phenoxy) is 1. The maximum atomic E-state index is 13.1. The molecule has 0 saturated carbocycles. The van der Waals surface area contributed by atoms with E-state index >= 15 is 0 Å². The lowest BCUT2D eigenvalue weighted by Gasteiger charge is -2.34. The molecule has 2 heterocycles. The number of rotatable bonds is 9. The fraction of sp³-hybridized carbons (Fsp3) is 0.333. The van der Waals surface area contributed by atoms with Gasteiger partial charge in [-0.15, -0.1) is 0 Å². The first-order valence-electron chi connectivity index (χ1n) is 12.8. The molecule has 2 aliphatic rings. The van der Waals surface area contributed by atoms with Crippen LogP contribution in [0.2, 0.25) is 0 Å². The molecule has 1 amide bonds. The van der Waals surface area contributed by atoms with Gasteiger partial charge in [-0.1, -0.05) is 48.5 Å². The number of ketones is 1. The Hall–Kier alpha value is -3.48. The van der Waals surface area contributed by atoms with Gasteiger partial charge >= 0.3 is 0 Å². The summed E-state index contributed by atoms with van der Waals surface area (Å²) in [5.74, 6) is 1.18. The van der Waals surface area contributed by atoms with E-state index in [0.29, 0.717) is 32.5 Å². The lowest BCUT2D eigenvalue weighted by molar-refractivity contribution is -0.119. The average molecular weight is 484 g/mol. The number of Topliss-reactive ketones (excluding diaryl/α,β-unsaturated/α-hetero) is 1. The third kappa shape index (κ3) is 6.01. The lowest BCUT2D eigenvalue weighted by atomic mass is 9.96. The largest absolute Gasteiger partial charge is 0.492 e. The number of fused-ring (bicyclic) bond motifs is 1. The standard InChI is InChI=1S/C30H33N3O3/c34-29(23-32-17-15-31(16-18-32)19-20-36-27-9-5-2-6-10-27)26-11-13-28-25(21-26)12-14-30(35)33(28)22-24-7-3-1-4-8-24/h1-11,13,21H,12,14-20,22-23H2. The van der Waals surface area contributed by atoms with Crippen molar-refractivity contribution in [2.24, 2.45) is 0 Å². The summed E-state index contributed by atoms with van der Waals surface area (Å²) in [6.45, 7) is 6.17. The molecule has 1 saturated heterocycles. The molecule has 0 unspecified atom stereocenters. The molecule has 0 aliphatic carbocycles. The number of para-hydroxylation sites is 1. The van der Waals surface area contributed by atoms with Crippen molar-refractivity contribution in [1.82, 2.24) is 9.80 Å². The number of aryl methyl sites for hydroxylation is 1. The summed E-state index contributed by atoms with van der Waals surface area (Å²) in [4.78, 5) is 32.2. The zero-order valence-corrected chi connectivity index (χ0v) is 20.6. The molecule has 0 radical (unpaired) electrons. The van der Waals surface area contributed by atoms with E-state index in [0.717, 1.165) is 60.9 Å². The summed E-state index contributed by atoms with van der Waals surface area (Å²) >= 11 is 0. The van der Waals surface area contributed by atoms with Crippen LogP contribution in [0.15, 0.2) is 78.9 Å². The molecule has 2 aliphatic heterocycles. The van der Waals surface area contributed by atoms with Gasteiger partial charge in [0.15, 0.2) is 5.78 Å². The van der Waals surface area contributed by atoms with Crippen molar-refractivity contribution in [3.05, 3.63) is 95.6 Å². The average Bonchev–Trinajstić information content (AvgIpc) is 2.92. The van der Waals surface area contributed by atoms with Crippen LogP contribution in [0.5, 0.6) is 5.75 Å². The van der Waals surface area contributed by atoms with Crippen LogP contribution in [0.3, 0.4) is 0 Å². The van der Waals surface area contributed by atoms with Crippen LogP contribution in [0.4, 0.5) is 5.69 Å². The van der Waals surface area contributed by atoms with Gasteiger partial charge in [0, 0.05) is 50.4 Å². The quantitative estimate of drug-likeness (QED) is 0.430. The summed E-state index contributed by atoms with van der Waals surface area (Å²) in [5.41, 5.74) is 3.85.